The Morgan fingerprint density at radius 2 is 1.88 bits per heavy atom. The average molecular weight is 324 g/mol. The van der Waals surface area contributed by atoms with Gasteiger partial charge in [-0.25, -0.2) is 0 Å². The Kier molecular flexibility index (Phi) is 4.20. The number of nitrogens with two attached hydrogens (primary N) is 1. The minimum absolute atomic E-state index is 0.213. The molecule has 24 heavy (non-hydrogen) atoms. The highest BCUT2D eigenvalue weighted by Gasteiger charge is 2.19. The number of carbonyl (C=O) groups excluding carboxylic acids is 2. The lowest BCUT2D eigenvalue weighted by molar-refractivity contribution is -0.114. The van der Waals surface area contributed by atoms with Crippen molar-refractivity contribution in [1.82, 2.24) is 4.98 Å². The van der Waals surface area contributed by atoms with Gasteiger partial charge in [0.25, 0.3) is 11.7 Å². The smallest absolute Gasteiger partial charge is 0.289 e. The van der Waals surface area contributed by atoms with Crippen LogP contribution in [0.15, 0.2) is 48.7 Å². The number of primary amides is 1. The van der Waals surface area contributed by atoms with Crippen LogP contribution in [0.2, 0.25) is 0 Å². The van der Waals surface area contributed by atoms with Gasteiger partial charge in [-0.15, -0.1) is 0 Å². The molecule has 0 atom stereocenters. The van der Waals surface area contributed by atoms with E-state index in [0.717, 1.165) is 5.56 Å². The number of carbonyl (C=O) groups is 2. The zero-order valence-corrected chi connectivity index (χ0v) is 13.0. The summed E-state index contributed by atoms with van der Waals surface area (Å²) in [6.07, 6.45) is 1.46. The van der Waals surface area contributed by atoms with Crippen molar-refractivity contribution < 1.29 is 19.1 Å². The van der Waals surface area contributed by atoms with E-state index >= 15 is 0 Å². The van der Waals surface area contributed by atoms with E-state index in [2.05, 4.69) is 4.98 Å². The Balaban J connectivity index is 1.94. The van der Waals surface area contributed by atoms with Gasteiger partial charge >= 0.3 is 0 Å². The van der Waals surface area contributed by atoms with Gasteiger partial charge in [-0.3, -0.25) is 9.59 Å². The standard InChI is InChI=1S/C18H16N2O4/c1-23-15-7-12-13(17(21)18(19)22)9-20-14(12)8-16(15)24-10-11-5-3-2-4-6-11/h2-9,20H,10H2,1H3,(H2,19,22). The highest BCUT2D eigenvalue weighted by Crippen LogP contribution is 2.34. The van der Waals surface area contributed by atoms with Crippen molar-refractivity contribution in [2.45, 2.75) is 6.61 Å². The zero-order chi connectivity index (χ0) is 17.1. The average Bonchev–Trinajstić information content (AvgIpc) is 3.01. The molecular formula is C18H16N2O4. The molecule has 0 saturated carbocycles. The van der Waals surface area contributed by atoms with Crippen molar-refractivity contribution in [3.63, 3.8) is 0 Å². The number of hydrogen-bond donors (Lipinski definition) is 2. The highest BCUT2D eigenvalue weighted by molar-refractivity contribution is 6.44. The number of nitrogens with one attached hydrogen (secondary N) is 1. The first-order valence-corrected chi connectivity index (χ1v) is 7.30. The number of fused-ring (bicyclic) bond motifs is 1. The lowest BCUT2D eigenvalue weighted by atomic mass is 10.1. The molecule has 0 fully saturated rings. The van der Waals surface area contributed by atoms with Gasteiger partial charge in [0.2, 0.25) is 0 Å². The molecule has 3 rings (SSSR count). The summed E-state index contributed by atoms with van der Waals surface area (Å²) in [5.74, 6) is -0.745. The van der Waals surface area contributed by atoms with Crippen LogP contribution in [-0.2, 0) is 11.4 Å². The van der Waals surface area contributed by atoms with Gasteiger partial charge < -0.3 is 20.2 Å². The van der Waals surface area contributed by atoms with Crippen LogP contribution in [0, 0.1) is 0 Å². The fourth-order valence-electron chi connectivity index (χ4n) is 2.46. The van der Waals surface area contributed by atoms with E-state index in [4.69, 9.17) is 15.2 Å². The van der Waals surface area contributed by atoms with Crippen LogP contribution in [0.3, 0.4) is 0 Å². The maximum atomic E-state index is 11.8. The maximum Gasteiger partial charge on any atom is 0.289 e. The summed E-state index contributed by atoms with van der Waals surface area (Å²) < 4.78 is 11.2. The number of ketones is 1. The number of amides is 1. The van der Waals surface area contributed by atoms with Gasteiger partial charge in [0.1, 0.15) is 6.61 Å². The summed E-state index contributed by atoms with van der Waals surface area (Å²) >= 11 is 0. The maximum absolute atomic E-state index is 11.8. The van der Waals surface area contributed by atoms with E-state index in [-0.39, 0.29) is 5.56 Å². The number of aromatic nitrogens is 1. The molecule has 0 bridgehead atoms. The Hall–Kier alpha value is -3.28. The second-order valence-electron chi connectivity index (χ2n) is 5.22. The van der Waals surface area contributed by atoms with E-state index in [1.54, 1.807) is 12.1 Å². The van der Waals surface area contributed by atoms with Crippen molar-refractivity contribution in [3.8, 4) is 11.5 Å². The summed E-state index contributed by atoms with van der Waals surface area (Å²) in [5, 5.41) is 0.558. The number of Topliss-reactive ketones (excluding diaryl/α,β-unsaturated/α-hetero) is 1. The number of ether oxygens (including phenoxy) is 2. The highest BCUT2D eigenvalue weighted by atomic mass is 16.5. The van der Waals surface area contributed by atoms with E-state index < -0.39 is 11.7 Å². The minimum Gasteiger partial charge on any atom is -0.493 e. The molecule has 1 amide bonds. The van der Waals surface area contributed by atoms with E-state index in [9.17, 15) is 9.59 Å². The predicted octanol–water partition coefficient (Wildman–Crippen LogP) is 2.42. The quantitative estimate of drug-likeness (QED) is 0.538. The third-order valence-electron chi connectivity index (χ3n) is 3.67. The Bertz CT molecular complexity index is 900. The topological polar surface area (TPSA) is 94.4 Å². The second-order valence-corrected chi connectivity index (χ2v) is 5.22. The minimum atomic E-state index is -1.00. The number of hydrogen-bond acceptors (Lipinski definition) is 4. The molecule has 0 aliphatic heterocycles. The lowest BCUT2D eigenvalue weighted by Crippen LogP contribution is -2.22. The van der Waals surface area contributed by atoms with Crippen molar-refractivity contribution >= 4 is 22.6 Å². The van der Waals surface area contributed by atoms with Gasteiger partial charge in [-0.05, 0) is 11.6 Å². The number of H-pyrrole nitrogens is 1. The third kappa shape index (κ3) is 2.94. The van der Waals surface area contributed by atoms with Crippen LogP contribution in [0.25, 0.3) is 10.9 Å². The summed E-state index contributed by atoms with van der Waals surface area (Å²) in [6.45, 7) is 0.385. The predicted molar refractivity (Wildman–Crippen MR) is 89.1 cm³/mol. The molecule has 6 nitrogen and oxygen atoms in total. The summed E-state index contributed by atoms with van der Waals surface area (Å²) in [7, 11) is 1.51. The molecule has 0 unspecified atom stereocenters. The van der Waals surface area contributed by atoms with Crippen molar-refractivity contribution in [3.05, 3.63) is 59.8 Å². The summed E-state index contributed by atoms with van der Waals surface area (Å²) in [4.78, 5) is 25.9. The van der Waals surface area contributed by atoms with Crippen LogP contribution in [-0.4, -0.2) is 23.8 Å². The van der Waals surface area contributed by atoms with Crippen molar-refractivity contribution in [1.29, 1.82) is 0 Å². The van der Waals surface area contributed by atoms with Crippen molar-refractivity contribution in [2.75, 3.05) is 7.11 Å². The monoisotopic (exact) mass is 324 g/mol. The third-order valence-corrected chi connectivity index (χ3v) is 3.67. The van der Waals surface area contributed by atoms with Crippen LogP contribution in [0.4, 0.5) is 0 Å². The SMILES string of the molecule is COc1cc2c(C(=O)C(N)=O)c[nH]c2cc1OCc1ccccc1. The Labute approximate surface area is 138 Å². The van der Waals surface area contributed by atoms with Gasteiger partial charge in [0, 0.05) is 17.6 Å². The summed E-state index contributed by atoms with van der Waals surface area (Å²) in [6, 6.07) is 13.1. The molecule has 0 saturated heterocycles. The number of benzene rings is 2. The van der Waals surface area contributed by atoms with Gasteiger partial charge in [0.05, 0.1) is 18.2 Å². The van der Waals surface area contributed by atoms with E-state index in [0.29, 0.717) is 29.0 Å². The molecule has 0 radical (unpaired) electrons. The van der Waals surface area contributed by atoms with Gasteiger partial charge in [0.15, 0.2) is 11.5 Å². The molecule has 1 aromatic heterocycles. The van der Waals surface area contributed by atoms with Crippen molar-refractivity contribution in [2.24, 2.45) is 5.73 Å². The van der Waals surface area contributed by atoms with E-state index in [1.807, 2.05) is 30.3 Å². The lowest BCUT2D eigenvalue weighted by Gasteiger charge is -2.11. The fourth-order valence-corrected chi connectivity index (χ4v) is 2.46. The Morgan fingerprint density at radius 1 is 1.12 bits per heavy atom. The van der Waals surface area contributed by atoms with Crippen LogP contribution in [0.1, 0.15) is 15.9 Å². The number of aromatic amines is 1. The first kappa shape index (κ1) is 15.6. The van der Waals surface area contributed by atoms with E-state index in [1.165, 1.54) is 13.3 Å². The second kappa shape index (κ2) is 6.45. The molecule has 0 aliphatic carbocycles. The van der Waals surface area contributed by atoms with Gasteiger partial charge in [-0.2, -0.15) is 0 Å². The Morgan fingerprint density at radius 3 is 2.54 bits per heavy atom. The molecule has 122 valence electrons. The van der Waals surface area contributed by atoms with Gasteiger partial charge in [-0.1, -0.05) is 30.3 Å². The molecular weight excluding hydrogens is 308 g/mol. The zero-order valence-electron chi connectivity index (χ0n) is 13.0. The molecule has 6 heteroatoms. The first-order valence-electron chi connectivity index (χ1n) is 7.30. The largest absolute Gasteiger partial charge is 0.493 e. The molecule has 2 aromatic carbocycles. The molecule has 3 N–H and O–H groups in total. The first-order chi connectivity index (χ1) is 11.6. The van der Waals surface area contributed by atoms with Crippen LogP contribution >= 0.6 is 0 Å². The fraction of sp³-hybridized carbons (Fsp3) is 0.111. The summed E-state index contributed by atoms with van der Waals surface area (Å²) in [5.41, 5.74) is 6.97. The molecule has 0 aliphatic rings. The van der Waals surface area contributed by atoms with Crippen LogP contribution in [0.5, 0.6) is 11.5 Å². The number of methoxy groups -OCH3 is 1. The molecule has 0 spiro atoms. The molecule has 1 heterocycles. The normalized spacial score (nSPS) is 10.5. The molecule has 3 aromatic rings. The number of rotatable bonds is 6. The van der Waals surface area contributed by atoms with Crippen LogP contribution < -0.4 is 15.2 Å².